The van der Waals surface area contributed by atoms with Crippen LogP contribution in [0, 0.1) is 0 Å². The highest BCUT2D eigenvalue weighted by molar-refractivity contribution is 5.91. The minimum Gasteiger partial charge on any atom is -0.474 e. The van der Waals surface area contributed by atoms with Crippen LogP contribution in [0.3, 0.4) is 0 Å². The van der Waals surface area contributed by atoms with Gasteiger partial charge in [0.2, 0.25) is 5.88 Å². The number of carbonyl (C=O) groups is 1. The molecule has 2 rings (SSSR count). The van der Waals surface area contributed by atoms with E-state index in [-0.39, 0.29) is 12.0 Å². The molecular formula is C12H16N2O4. The smallest absolute Gasteiger partial charge is 0.343 e. The van der Waals surface area contributed by atoms with Crippen LogP contribution in [0.25, 0.3) is 0 Å². The molecule has 0 saturated carbocycles. The lowest BCUT2D eigenvalue weighted by atomic mass is 10.2. The second-order valence-corrected chi connectivity index (χ2v) is 3.86. The fourth-order valence-corrected chi connectivity index (χ4v) is 1.67. The van der Waals surface area contributed by atoms with Gasteiger partial charge in [0, 0.05) is 19.3 Å². The van der Waals surface area contributed by atoms with Crippen LogP contribution < -0.4 is 10.1 Å². The third-order valence-electron chi connectivity index (χ3n) is 2.59. The van der Waals surface area contributed by atoms with Crippen LogP contribution in [0.2, 0.25) is 0 Å². The lowest BCUT2D eigenvalue weighted by Gasteiger charge is -2.23. The first kappa shape index (κ1) is 12.8. The minimum atomic E-state index is -0.458. The van der Waals surface area contributed by atoms with E-state index >= 15 is 0 Å². The third-order valence-corrected chi connectivity index (χ3v) is 2.59. The van der Waals surface area contributed by atoms with Gasteiger partial charge in [-0.1, -0.05) is 0 Å². The van der Waals surface area contributed by atoms with Gasteiger partial charge in [0.25, 0.3) is 0 Å². The van der Waals surface area contributed by atoms with Crippen LogP contribution in [-0.2, 0) is 9.47 Å². The van der Waals surface area contributed by atoms with Crippen molar-refractivity contribution in [1.82, 2.24) is 10.3 Å². The summed E-state index contributed by atoms with van der Waals surface area (Å²) in [7, 11) is 1.33. The SMILES string of the molecule is COC(=O)c1cccnc1OCC1CNCCO1. The van der Waals surface area contributed by atoms with Gasteiger partial charge in [-0.15, -0.1) is 0 Å². The number of hydrogen-bond acceptors (Lipinski definition) is 6. The number of methoxy groups -OCH3 is 1. The van der Waals surface area contributed by atoms with Crippen molar-refractivity contribution in [3.63, 3.8) is 0 Å². The molecule has 18 heavy (non-hydrogen) atoms. The monoisotopic (exact) mass is 252 g/mol. The number of rotatable bonds is 4. The molecule has 1 saturated heterocycles. The molecule has 6 nitrogen and oxygen atoms in total. The highest BCUT2D eigenvalue weighted by Gasteiger charge is 2.18. The van der Waals surface area contributed by atoms with E-state index in [1.165, 1.54) is 7.11 Å². The lowest BCUT2D eigenvalue weighted by molar-refractivity contribution is -0.00114. The molecular weight excluding hydrogens is 236 g/mol. The van der Waals surface area contributed by atoms with Crippen LogP contribution >= 0.6 is 0 Å². The highest BCUT2D eigenvalue weighted by atomic mass is 16.5. The normalized spacial score (nSPS) is 19.3. The van der Waals surface area contributed by atoms with Gasteiger partial charge in [-0.25, -0.2) is 9.78 Å². The number of ether oxygens (including phenoxy) is 3. The summed E-state index contributed by atoms with van der Waals surface area (Å²) in [6.45, 7) is 2.61. The van der Waals surface area contributed by atoms with Gasteiger partial charge in [0.05, 0.1) is 13.7 Å². The summed E-state index contributed by atoms with van der Waals surface area (Å²) in [5.74, 6) is -0.181. The standard InChI is InChI=1S/C12H16N2O4/c1-16-12(15)10-3-2-4-14-11(10)18-8-9-7-13-5-6-17-9/h2-4,9,13H,5-8H2,1H3. The van der Waals surface area contributed by atoms with Crippen molar-refractivity contribution in [1.29, 1.82) is 0 Å². The zero-order chi connectivity index (χ0) is 12.8. The van der Waals surface area contributed by atoms with E-state index in [2.05, 4.69) is 15.0 Å². The highest BCUT2D eigenvalue weighted by Crippen LogP contribution is 2.15. The maximum atomic E-state index is 11.5. The van der Waals surface area contributed by atoms with Crippen LogP contribution in [0.4, 0.5) is 0 Å². The number of nitrogens with one attached hydrogen (secondary N) is 1. The van der Waals surface area contributed by atoms with E-state index in [4.69, 9.17) is 9.47 Å². The molecule has 2 heterocycles. The molecule has 98 valence electrons. The fraction of sp³-hybridized carbons (Fsp3) is 0.500. The van der Waals surface area contributed by atoms with Gasteiger partial charge in [-0.3, -0.25) is 0 Å². The van der Waals surface area contributed by atoms with Crippen LogP contribution in [0.5, 0.6) is 5.88 Å². The molecule has 0 amide bonds. The summed E-state index contributed by atoms with van der Waals surface area (Å²) in [5, 5.41) is 3.20. The summed E-state index contributed by atoms with van der Waals surface area (Å²) in [6, 6.07) is 3.28. The van der Waals surface area contributed by atoms with Gasteiger partial charge in [-0.05, 0) is 12.1 Å². The first-order valence-electron chi connectivity index (χ1n) is 5.79. The Balaban J connectivity index is 1.97. The summed E-state index contributed by atoms with van der Waals surface area (Å²) in [5.41, 5.74) is 0.323. The Labute approximate surface area is 105 Å². The summed E-state index contributed by atoms with van der Waals surface area (Å²) in [4.78, 5) is 15.5. The van der Waals surface area contributed by atoms with Crippen molar-refractivity contribution >= 4 is 5.97 Å². The largest absolute Gasteiger partial charge is 0.474 e. The molecule has 0 aliphatic carbocycles. The maximum Gasteiger partial charge on any atom is 0.343 e. The van der Waals surface area contributed by atoms with E-state index in [1.54, 1.807) is 18.3 Å². The van der Waals surface area contributed by atoms with E-state index in [9.17, 15) is 4.79 Å². The van der Waals surface area contributed by atoms with Gasteiger partial charge >= 0.3 is 5.97 Å². The predicted octanol–water partition coefficient (Wildman–Crippen LogP) is 0.235. The second kappa shape index (κ2) is 6.32. The van der Waals surface area contributed by atoms with Crippen molar-refractivity contribution < 1.29 is 19.0 Å². The van der Waals surface area contributed by atoms with Crippen LogP contribution in [-0.4, -0.2) is 50.5 Å². The van der Waals surface area contributed by atoms with Crippen LogP contribution in [0.1, 0.15) is 10.4 Å². The quantitative estimate of drug-likeness (QED) is 0.774. The average Bonchev–Trinajstić information content (AvgIpc) is 2.45. The van der Waals surface area contributed by atoms with E-state index < -0.39 is 5.97 Å². The molecule has 1 aliphatic heterocycles. The Hall–Kier alpha value is -1.66. The Morgan fingerprint density at radius 2 is 2.56 bits per heavy atom. The Morgan fingerprint density at radius 1 is 1.67 bits per heavy atom. The maximum absolute atomic E-state index is 11.5. The topological polar surface area (TPSA) is 69.7 Å². The summed E-state index contributed by atoms with van der Waals surface area (Å²) < 4.78 is 15.7. The Kier molecular flexibility index (Phi) is 4.49. The Bertz CT molecular complexity index is 405. The molecule has 1 aromatic heterocycles. The second-order valence-electron chi connectivity index (χ2n) is 3.86. The third kappa shape index (κ3) is 3.18. The number of hydrogen-bond donors (Lipinski definition) is 1. The number of esters is 1. The molecule has 1 unspecified atom stereocenters. The van der Waals surface area contributed by atoms with Crippen LogP contribution in [0.15, 0.2) is 18.3 Å². The Morgan fingerprint density at radius 3 is 3.28 bits per heavy atom. The van der Waals surface area contributed by atoms with E-state index in [0.717, 1.165) is 13.1 Å². The first-order valence-corrected chi connectivity index (χ1v) is 5.79. The van der Waals surface area contributed by atoms with Crippen molar-refractivity contribution in [3.8, 4) is 5.88 Å². The number of carbonyl (C=O) groups excluding carboxylic acids is 1. The number of morpholine rings is 1. The first-order chi connectivity index (χ1) is 8.81. The molecule has 1 fully saturated rings. The molecule has 0 aromatic carbocycles. The van der Waals surface area contributed by atoms with Crippen molar-refractivity contribution in [2.24, 2.45) is 0 Å². The van der Waals surface area contributed by atoms with Crippen molar-refractivity contribution in [2.45, 2.75) is 6.10 Å². The van der Waals surface area contributed by atoms with E-state index in [1.807, 2.05) is 0 Å². The predicted molar refractivity (Wildman–Crippen MR) is 63.7 cm³/mol. The zero-order valence-electron chi connectivity index (χ0n) is 10.2. The number of nitrogens with zero attached hydrogens (tertiary/aromatic N) is 1. The lowest BCUT2D eigenvalue weighted by Crippen LogP contribution is -2.41. The van der Waals surface area contributed by atoms with Gasteiger partial charge < -0.3 is 19.5 Å². The number of pyridine rings is 1. The summed E-state index contributed by atoms with van der Waals surface area (Å²) >= 11 is 0. The molecule has 1 aromatic rings. The van der Waals surface area contributed by atoms with Gasteiger partial charge in [-0.2, -0.15) is 0 Å². The number of aromatic nitrogens is 1. The summed E-state index contributed by atoms with van der Waals surface area (Å²) in [6.07, 6.45) is 1.55. The average molecular weight is 252 g/mol. The van der Waals surface area contributed by atoms with Crippen molar-refractivity contribution in [2.75, 3.05) is 33.4 Å². The zero-order valence-corrected chi connectivity index (χ0v) is 10.2. The fourth-order valence-electron chi connectivity index (χ4n) is 1.67. The molecule has 1 aliphatic rings. The van der Waals surface area contributed by atoms with Gasteiger partial charge in [0.15, 0.2) is 0 Å². The minimum absolute atomic E-state index is 0.0220. The van der Waals surface area contributed by atoms with E-state index in [0.29, 0.717) is 18.8 Å². The molecule has 0 spiro atoms. The molecule has 0 bridgehead atoms. The molecule has 0 radical (unpaired) electrons. The molecule has 6 heteroatoms. The molecule has 1 atom stereocenters. The van der Waals surface area contributed by atoms with Crippen molar-refractivity contribution in [3.05, 3.63) is 23.9 Å². The van der Waals surface area contributed by atoms with Gasteiger partial charge in [0.1, 0.15) is 18.3 Å². The molecule has 1 N–H and O–H groups in total.